The maximum absolute atomic E-state index is 11.7. The summed E-state index contributed by atoms with van der Waals surface area (Å²) in [6.45, 7) is 0.523. The van der Waals surface area contributed by atoms with Crippen LogP contribution in [0.5, 0.6) is 11.5 Å². The van der Waals surface area contributed by atoms with Crippen LogP contribution >= 0.6 is 0 Å². The van der Waals surface area contributed by atoms with Crippen LogP contribution in [0.2, 0.25) is 0 Å². The number of carbonyl (C=O) groups excluding carboxylic acids is 2. The summed E-state index contributed by atoms with van der Waals surface area (Å²) in [4.78, 5) is 23.3. The van der Waals surface area contributed by atoms with E-state index in [1.807, 2.05) is 0 Å². The Hall–Kier alpha value is -2.96. The quantitative estimate of drug-likeness (QED) is 0.819. The lowest BCUT2D eigenvalue weighted by Crippen LogP contribution is -2.26. The van der Waals surface area contributed by atoms with E-state index < -0.39 is 5.97 Å². The van der Waals surface area contributed by atoms with Crippen molar-refractivity contribution < 1.29 is 28.2 Å². The van der Waals surface area contributed by atoms with E-state index in [9.17, 15) is 9.59 Å². The molecule has 0 unspecified atom stereocenters. The number of esters is 1. The van der Waals surface area contributed by atoms with Crippen molar-refractivity contribution in [3.63, 3.8) is 0 Å². The van der Waals surface area contributed by atoms with Crippen LogP contribution in [-0.4, -0.2) is 25.2 Å². The Morgan fingerprint density at radius 1 is 1.17 bits per heavy atom. The van der Waals surface area contributed by atoms with Gasteiger partial charge in [0, 0.05) is 6.54 Å². The molecule has 0 bridgehead atoms. The third kappa shape index (κ3) is 3.82. The number of fused-ring (bicyclic) bond motifs is 1. The van der Waals surface area contributed by atoms with Gasteiger partial charge in [-0.2, -0.15) is 0 Å². The molecule has 0 aliphatic carbocycles. The number of benzene rings is 1. The second-order valence-corrected chi connectivity index (χ2v) is 4.83. The number of hydrogen-bond acceptors (Lipinski definition) is 6. The number of hydrogen-bond donors (Lipinski definition) is 1. The van der Waals surface area contributed by atoms with E-state index in [0.717, 1.165) is 5.56 Å². The van der Waals surface area contributed by atoms with Crippen molar-refractivity contribution in [2.24, 2.45) is 0 Å². The molecule has 2 aromatic rings. The lowest BCUT2D eigenvalue weighted by molar-refractivity contribution is -0.144. The van der Waals surface area contributed by atoms with Crippen molar-refractivity contribution >= 4 is 11.9 Å². The van der Waals surface area contributed by atoms with Gasteiger partial charge in [-0.1, -0.05) is 6.07 Å². The van der Waals surface area contributed by atoms with Gasteiger partial charge in [-0.05, 0) is 29.8 Å². The van der Waals surface area contributed by atoms with Crippen LogP contribution in [0.25, 0.3) is 0 Å². The summed E-state index contributed by atoms with van der Waals surface area (Å²) >= 11 is 0. The fourth-order valence-electron chi connectivity index (χ4n) is 2.04. The monoisotopic (exact) mass is 317 g/mol. The highest BCUT2D eigenvalue weighted by atomic mass is 16.7. The van der Waals surface area contributed by atoms with Crippen molar-refractivity contribution in [2.45, 2.75) is 13.0 Å². The Bertz CT molecular complexity index is 695. The summed E-state index contributed by atoms with van der Waals surface area (Å²) in [5.74, 6) is 0.768. The van der Waals surface area contributed by atoms with E-state index in [-0.39, 0.29) is 38.0 Å². The molecule has 1 aliphatic heterocycles. The topological polar surface area (TPSA) is 87.0 Å². The summed E-state index contributed by atoms with van der Waals surface area (Å²) in [6, 6.07) is 8.52. The minimum absolute atomic E-state index is 0.0804. The van der Waals surface area contributed by atoms with Gasteiger partial charge in [0.2, 0.25) is 6.79 Å². The van der Waals surface area contributed by atoms with Crippen molar-refractivity contribution in [3.05, 3.63) is 47.9 Å². The first kappa shape index (κ1) is 15.0. The van der Waals surface area contributed by atoms with Crippen molar-refractivity contribution in [2.75, 3.05) is 13.3 Å². The van der Waals surface area contributed by atoms with E-state index in [1.165, 1.54) is 6.26 Å². The number of amides is 1. The summed E-state index contributed by atoms with van der Waals surface area (Å²) in [6.07, 6.45) is 1.49. The molecule has 0 saturated carbocycles. The fraction of sp³-hybridized carbons (Fsp3) is 0.250. The van der Waals surface area contributed by atoms with Crippen LogP contribution in [0.1, 0.15) is 22.5 Å². The van der Waals surface area contributed by atoms with Gasteiger partial charge < -0.3 is 23.9 Å². The zero-order valence-electron chi connectivity index (χ0n) is 12.2. The van der Waals surface area contributed by atoms with Crippen LogP contribution in [0.4, 0.5) is 0 Å². The van der Waals surface area contributed by atoms with Crippen LogP contribution in [-0.2, 0) is 16.1 Å². The highest BCUT2D eigenvalue weighted by Gasteiger charge is 2.14. The van der Waals surface area contributed by atoms with Gasteiger partial charge in [0.25, 0.3) is 5.91 Å². The molecule has 1 aromatic carbocycles. The second-order valence-electron chi connectivity index (χ2n) is 4.83. The highest BCUT2D eigenvalue weighted by Crippen LogP contribution is 2.32. The smallest absolute Gasteiger partial charge is 0.307 e. The molecule has 2 heterocycles. The number of nitrogens with one attached hydrogen (secondary N) is 1. The molecule has 7 nitrogen and oxygen atoms in total. The Morgan fingerprint density at radius 3 is 2.87 bits per heavy atom. The number of ether oxygens (including phenoxy) is 3. The van der Waals surface area contributed by atoms with Gasteiger partial charge in [-0.3, -0.25) is 9.59 Å². The fourth-order valence-corrected chi connectivity index (χ4v) is 2.04. The number of rotatable bonds is 6. The molecule has 0 saturated heterocycles. The van der Waals surface area contributed by atoms with Crippen LogP contribution in [0.3, 0.4) is 0 Å². The normalized spacial score (nSPS) is 12.0. The molecule has 3 rings (SSSR count). The predicted octanol–water partition coefficient (Wildman–Crippen LogP) is 1.87. The predicted molar refractivity (Wildman–Crippen MR) is 78.0 cm³/mol. The van der Waals surface area contributed by atoms with Gasteiger partial charge in [-0.25, -0.2) is 0 Å². The van der Waals surface area contributed by atoms with E-state index in [1.54, 1.807) is 30.3 Å². The lowest BCUT2D eigenvalue weighted by Gasteiger charge is -2.06. The first-order valence-electron chi connectivity index (χ1n) is 7.08. The molecule has 1 N–H and O–H groups in total. The number of carbonyl (C=O) groups is 2. The summed E-state index contributed by atoms with van der Waals surface area (Å²) in [7, 11) is 0. The molecule has 0 atom stereocenters. The van der Waals surface area contributed by atoms with Crippen molar-refractivity contribution in [1.82, 2.24) is 5.32 Å². The van der Waals surface area contributed by atoms with E-state index in [4.69, 9.17) is 18.6 Å². The van der Waals surface area contributed by atoms with Gasteiger partial charge in [0.1, 0.15) is 6.61 Å². The Labute approximate surface area is 132 Å². The molecule has 1 aromatic heterocycles. The van der Waals surface area contributed by atoms with E-state index >= 15 is 0 Å². The minimum atomic E-state index is -0.401. The van der Waals surface area contributed by atoms with Gasteiger partial charge in [0.05, 0.1) is 12.7 Å². The molecule has 0 radical (unpaired) electrons. The van der Waals surface area contributed by atoms with Crippen LogP contribution < -0.4 is 14.8 Å². The third-order valence-corrected chi connectivity index (χ3v) is 3.20. The Balaban J connectivity index is 1.39. The van der Waals surface area contributed by atoms with E-state index in [0.29, 0.717) is 11.5 Å². The molecule has 0 fully saturated rings. The molecule has 1 aliphatic rings. The van der Waals surface area contributed by atoms with Crippen LogP contribution in [0.15, 0.2) is 41.0 Å². The number of furan rings is 1. The molecule has 0 spiro atoms. The van der Waals surface area contributed by atoms with Crippen molar-refractivity contribution in [3.8, 4) is 11.5 Å². The maximum Gasteiger partial charge on any atom is 0.307 e. The van der Waals surface area contributed by atoms with E-state index in [2.05, 4.69) is 5.32 Å². The van der Waals surface area contributed by atoms with Gasteiger partial charge >= 0.3 is 5.97 Å². The lowest BCUT2D eigenvalue weighted by atomic mass is 10.2. The SMILES string of the molecule is O=C(CCNC(=O)c1ccco1)OCc1ccc2c(c1)OCO2. The Morgan fingerprint density at radius 2 is 2.04 bits per heavy atom. The zero-order valence-corrected chi connectivity index (χ0v) is 12.2. The molecular formula is C16H15NO6. The minimum Gasteiger partial charge on any atom is -0.461 e. The standard InChI is InChI=1S/C16H15NO6/c18-15(5-6-17-16(19)13-2-1-7-20-13)21-9-11-3-4-12-14(8-11)23-10-22-12/h1-4,7-8H,5-6,9-10H2,(H,17,19). The largest absolute Gasteiger partial charge is 0.461 e. The van der Waals surface area contributed by atoms with Crippen molar-refractivity contribution in [1.29, 1.82) is 0 Å². The summed E-state index contributed by atoms with van der Waals surface area (Å²) in [5.41, 5.74) is 0.808. The first-order valence-corrected chi connectivity index (χ1v) is 7.08. The Kier molecular flexibility index (Phi) is 4.46. The third-order valence-electron chi connectivity index (χ3n) is 3.20. The molecule has 120 valence electrons. The average molecular weight is 317 g/mol. The molecular weight excluding hydrogens is 302 g/mol. The maximum atomic E-state index is 11.7. The molecule has 23 heavy (non-hydrogen) atoms. The zero-order chi connectivity index (χ0) is 16.1. The average Bonchev–Trinajstić information content (AvgIpc) is 3.23. The van der Waals surface area contributed by atoms with Gasteiger partial charge in [0.15, 0.2) is 17.3 Å². The summed E-state index contributed by atoms with van der Waals surface area (Å²) < 4.78 is 20.6. The molecule has 7 heteroatoms. The second kappa shape index (κ2) is 6.87. The summed E-state index contributed by atoms with van der Waals surface area (Å²) in [5, 5.41) is 2.58. The van der Waals surface area contributed by atoms with Gasteiger partial charge in [-0.15, -0.1) is 0 Å². The highest BCUT2D eigenvalue weighted by molar-refractivity contribution is 5.91. The molecule has 1 amide bonds. The van der Waals surface area contributed by atoms with Crippen LogP contribution in [0, 0.1) is 0 Å². The first-order chi connectivity index (χ1) is 11.2.